The zero-order valence-corrected chi connectivity index (χ0v) is 12.6. The summed E-state index contributed by atoms with van der Waals surface area (Å²) in [6.45, 7) is 5.76. The fraction of sp³-hybridized carbons (Fsp3) is 0.429. The average molecular weight is 325 g/mol. The highest BCUT2D eigenvalue weighted by atomic mass is 79.9. The molecule has 1 unspecified atom stereocenters. The number of hydrogen-bond acceptors (Lipinski definition) is 3. The summed E-state index contributed by atoms with van der Waals surface area (Å²) in [5.41, 5.74) is 1.16. The van der Waals surface area contributed by atoms with Crippen LogP contribution < -0.4 is 4.90 Å². The highest BCUT2D eigenvalue weighted by Crippen LogP contribution is 2.28. The molecule has 1 N–H and O–H groups in total. The fourth-order valence-electron chi connectivity index (χ4n) is 2.24. The predicted molar refractivity (Wildman–Crippen MR) is 79.2 cm³/mol. The molecule has 1 aromatic heterocycles. The lowest BCUT2D eigenvalue weighted by Gasteiger charge is -2.19. The van der Waals surface area contributed by atoms with Gasteiger partial charge in [-0.25, -0.2) is 9.78 Å². The largest absolute Gasteiger partial charge is 0.478 e. The van der Waals surface area contributed by atoms with Gasteiger partial charge in [-0.2, -0.15) is 0 Å². The normalized spacial score (nSPS) is 19.8. The van der Waals surface area contributed by atoms with Gasteiger partial charge in [0.1, 0.15) is 5.82 Å². The van der Waals surface area contributed by atoms with Crippen molar-refractivity contribution in [2.75, 3.05) is 18.0 Å². The first kappa shape index (κ1) is 14.1. The van der Waals surface area contributed by atoms with Gasteiger partial charge < -0.3 is 10.0 Å². The maximum Gasteiger partial charge on any atom is 0.331 e. The third-order valence-electron chi connectivity index (χ3n) is 3.29. The first-order valence-corrected chi connectivity index (χ1v) is 7.08. The van der Waals surface area contributed by atoms with Crippen LogP contribution in [0.2, 0.25) is 0 Å². The van der Waals surface area contributed by atoms with Crippen LogP contribution in [-0.4, -0.2) is 29.1 Å². The molecule has 1 aromatic rings. The number of aliphatic carboxylic acids is 1. The molecule has 0 saturated carbocycles. The van der Waals surface area contributed by atoms with E-state index >= 15 is 0 Å². The summed E-state index contributed by atoms with van der Waals surface area (Å²) < 4.78 is 0.855. The van der Waals surface area contributed by atoms with Gasteiger partial charge in [-0.1, -0.05) is 6.92 Å². The van der Waals surface area contributed by atoms with Gasteiger partial charge in [0.15, 0.2) is 0 Å². The average Bonchev–Trinajstić information content (AvgIpc) is 2.75. The molecule has 1 atom stereocenters. The van der Waals surface area contributed by atoms with Gasteiger partial charge in [-0.3, -0.25) is 0 Å². The second-order valence-corrected chi connectivity index (χ2v) is 5.95. The Morgan fingerprint density at radius 2 is 2.37 bits per heavy atom. The molecule has 1 aliphatic heterocycles. The Morgan fingerprint density at radius 3 is 2.95 bits per heavy atom. The quantitative estimate of drug-likeness (QED) is 0.867. The minimum atomic E-state index is -0.902. The van der Waals surface area contributed by atoms with Crippen LogP contribution in [-0.2, 0) is 4.79 Å². The molecule has 0 radical (unpaired) electrons. The van der Waals surface area contributed by atoms with Gasteiger partial charge in [-0.15, -0.1) is 0 Å². The SMILES string of the molecule is C/C(=C\c1cc(Br)cnc1N1CCC(C)C1)C(=O)O. The van der Waals surface area contributed by atoms with Crippen LogP contribution in [0.25, 0.3) is 6.08 Å². The summed E-state index contributed by atoms with van der Waals surface area (Å²) in [6.07, 6.45) is 4.59. The van der Waals surface area contributed by atoms with Crippen LogP contribution >= 0.6 is 15.9 Å². The van der Waals surface area contributed by atoms with E-state index in [1.807, 2.05) is 6.07 Å². The molecule has 0 bridgehead atoms. The molecule has 0 aliphatic carbocycles. The topological polar surface area (TPSA) is 53.4 Å². The molecule has 5 heteroatoms. The lowest BCUT2D eigenvalue weighted by molar-refractivity contribution is -0.132. The van der Waals surface area contributed by atoms with Gasteiger partial charge in [0.05, 0.1) is 0 Å². The standard InChI is InChI=1S/C14H17BrN2O2/c1-9-3-4-17(8-9)13-11(5-10(2)14(18)19)6-12(15)7-16-13/h5-7,9H,3-4,8H2,1-2H3,(H,18,19)/b10-5+. The number of carbonyl (C=O) groups is 1. The van der Waals surface area contributed by atoms with E-state index in [1.165, 1.54) is 0 Å². The van der Waals surface area contributed by atoms with Crippen molar-refractivity contribution >= 4 is 33.8 Å². The van der Waals surface area contributed by atoms with Gasteiger partial charge in [-0.05, 0) is 47.3 Å². The fourth-order valence-corrected chi connectivity index (χ4v) is 2.59. The molecule has 4 nitrogen and oxygen atoms in total. The first-order valence-electron chi connectivity index (χ1n) is 6.29. The van der Waals surface area contributed by atoms with E-state index in [1.54, 1.807) is 19.2 Å². The molecule has 1 fully saturated rings. The van der Waals surface area contributed by atoms with Crippen LogP contribution in [0.3, 0.4) is 0 Å². The molecule has 1 saturated heterocycles. The number of hydrogen-bond donors (Lipinski definition) is 1. The van der Waals surface area contributed by atoms with E-state index in [0.29, 0.717) is 11.5 Å². The Bertz CT molecular complexity index is 528. The smallest absolute Gasteiger partial charge is 0.331 e. The first-order chi connectivity index (χ1) is 8.97. The summed E-state index contributed by atoms with van der Waals surface area (Å²) in [5.74, 6) is 0.622. The van der Waals surface area contributed by atoms with E-state index < -0.39 is 5.97 Å². The molecule has 1 aliphatic rings. The summed E-state index contributed by atoms with van der Waals surface area (Å²) >= 11 is 3.39. The molecule has 2 rings (SSSR count). The number of carboxylic acid groups (broad SMARTS) is 1. The number of rotatable bonds is 3. The minimum absolute atomic E-state index is 0.313. The van der Waals surface area contributed by atoms with Crippen molar-refractivity contribution in [3.05, 3.63) is 27.9 Å². The highest BCUT2D eigenvalue weighted by Gasteiger charge is 2.22. The number of pyridine rings is 1. The Labute approximate surface area is 121 Å². The number of anilines is 1. The lowest BCUT2D eigenvalue weighted by atomic mass is 10.1. The number of carboxylic acids is 1. The van der Waals surface area contributed by atoms with E-state index in [0.717, 1.165) is 35.4 Å². The third-order valence-corrected chi connectivity index (χ3v) is 3.73. The Balaban J connectivity index is 2.38. The molecule has 0 spiro atoms. The second-order valence-electron chi connectivity index (χ2n) is 5.04. The molecular formula is C14H17BrN2O2. The molecule has 19 heavy (non-hydrogen) atoms. The zero-order chi connectivity index (χ0) is 14.0. The van der Waals surface area contributed by atoms with Gasteiger partial charge >= 0.3 is 5.97 Å². The van der Waals surface area contributed by atoms with Crippen LogP contribution in [0.4, 0.5) is 5.82 Å². The van der Waals surface area contributed by atoms with Crippen molar-refractivity contribution in [1.82, 2.24) is 4.98 Å². The summed E-state index contributed by atoms with van der Waals surface area (Å²) in [7, 11) is 0. The molecular weight excluding hydrogens is 308 g/mol. The Morgan fingerprint density at radius 1 is 1.63 bits per heavy atom. The summed E-state index contributed by atoms with van der Waals surface area (Å²) in [6, 6.07) is 1.91. The van der Waals surface area contributed by atoms with E-state index in [-0.39, 0.29) is 0 Å². The molecule has 2 heterocycles. The number of halogens is 1. The Hall–Kier alpha value is -1.36. The predicted octanol–water partition coefficient (Wildman–Crippen LogP) is 3.18. The van der Waals surface area contributed by atoms with Crippen molar-refractivity contribution in [1.29, 1.82) is 0 Å². The van der Waals surface area contributed by atoms with E-state index in [4.69, 9.17) is 5.11 Å². The highest BCUT2D eigenvalue weighted by molar-refractivity contribution is 9.10. The summed E-state index contributed by atoms with van der Waals surface area (Å²) in [4.78, 5) is 17.6. The second kappa shape index (κ2) is 5.74. The lowest BCUT2D eigenvalue weighted by Crippen LogP contribution is -2.21. The number of nitrogens with zero attached hydrogens (tertiary/aromatic N) is 2. The van der Waals surface area contributed by atoms with E-state index in [2.05, 4.69) is 32.7 Å². The van der Waals surface area contributed by atoms with Crippen molar-refractivity contribution in [2.45, 2.75) is 20.3 Å². The number of aromatic nitrogens is 1. The molecule has 102 valence electrons. The van der Waals surface area contributed by atoms with Crippen molar-refractivity contribution in [3.8, 4) is 0 Å². The maximum absolute atomic E-state index is 11.0. The van der Waals surface area contributed by atoms with Crippen LogP contribution in [0.15, 0.2) is 22.3 Å². The summed E-state index contributed by atoms with van der Waals surface area (Å²) in [5, 5.41) is 9.00. The van der Waals surface area contributed by atoms with Gasteiger partial charge in [0.2, 0.25) is 0 Å². The maximum atomic E-state index is 11.0. The van der Waals surface area contributed by atoms with Crippen molar-refractivity contribution in [2.24, 2.45) is 5.92 Å². The van der Waals surface area contributed by atoms with Gasteiger partial charge in [0.25, 0.3) is 0 Å². The minimum Gasteiger partial charge on any atom is -0.478 e. The monoisotopic (exact) mass is 324 g/mol. The van der Waals surface area contributed by atoms with Crippen molar-refractivity contribution in [3.63, 3.8) is 0 Å². The molecule has 0 aromatic carbocycles. The Kier molecular flexibility index (Phi) is 4.24. The van der Waals surface area contributed by atoms with Crippen LogP contribution in [0.1, 0.15) is 25.8 Å². The third kappa shape index (κ3) is 3.35. The van der Waals surface area contributed by atoms with Crippen LogP contribution in [0, 0.1) is 5.92 Å². The van der Waals surface area contributed by atoms with E-state index in [9.17, 15) is 4.79 Å². The van der Waals surface area contributed by atoms with Gasteiger partial charge in [0, 0.05) is 34.9 Å². The van der Waals surface area contributed by atoms with Crippen LogP contribution in [0.5, 0.6) is 0 Å². The zero-order valence-electron chi connectivity index (χ0n) is 11.1. The molecule has 0 amide bonds. The van der Waals surface area contributed by atoms with Crippen molar-refractivity contribution < 1.29 is 9.90 Å².